The topological polar surface area (TPSA) is 35.5 Å². The third kappa shape index (κ3) is 5.00. The molecule has 1 atom stereocenters. The molecule has 3 nitrogen and oxygen atoms in total. The molecule has 1 aromatic rings. The molecular weight excluding hydrogens is 248 g/mol. The van der Waals surface area contributed by atoms with Gasteiger partial charge in [-0.15, -0.1) is 0 Å². The highest BCUT2D eigenvalue weighted by molar-refractivity contribution is 7.99. The Morgan fingerprint density at radius 3 is 2.50 bits per heavy atom. The summed E-state index contributed by atoms with van der Waals surface area (Å²) in [6.45, 7) is 1.90. The number of aryl methyl sites for hydroxylation is 1. The molecule has 18 heavy (non-hydrogen) atoms. The van der Waals surface area contributed by atoms with Gasteiger partial charge in [0, 0.05) is 5.75 Å². The average molecular weight is 268 g/mol. The molecule has 0 saturated heterocycles. The Hall–Kier alpha value is -1.16. The zero-order valence-electron chi connectivity index (χ0n) is 11.1. The Labute approximate surface area is 113 Å². The van der Waals surface area contributed by atoms with Crippen LogP contribution in [0.3, 0.4) is 0 Å². The van der Waals surface area contributed by atoms with Crippen LogP contribution >= 0.6 is 11.8 Å². The number of benzene rings is 1. The van der Waals surface area contributed by atoms with E-state index < -0.39 is 0 Å². The van der Waals surface area contributed by atoms with Gasteiger partial charge in [0.2, 0.25) is 0 Å². The highest BCUT2D eigenvalue weighted by Crippen LogP contribution is 2.15. The molecule has 0 bridgehead atoms. The van der Waals surface area contributed by atoms with Crippen LogP contribution in [0.15, 0.2) is 24.3 Å². The van der Waals surface area contributed by atoms with Gasteiger partial charge in [-0.25, -0.2) is 0 Å². The van der Waals surface area contributed by atoms with Crippen LogP contribution in [0.4, 0.5) is 0 Å². The number of hydrogen-bond acceptors (Lipinski definition) is 4. The van der Waals surface area contributed by atoms with Gasteiger partial charge in [-0.05, 0) is 29.9 Å². The zero-order valence-corrected chi connectivity index (χ0v) is 12.0. The molecule has 0 N–H and O–H groups in total. The van der Waals surface area contributed by atoms with E-state index >= 15 is 0 Å². The minimum Gasteiger partial charge on any atom is -0.497 e. The van der Waals surface area contributed by atoms with E-state index in [9.17, 15) is 4.79 Å². The summed E-state index contributed by atoms with van der Waals surface area (Å²) in [6, 6.07) is 8.08. The number of carbonyl (C=O) groups excluding carboxylic acids is 1. The molecule has 0 radical (unpaired) electrons. The van der Waals surface area contributed by atoms with E-state index in [1.807, 2.05) is 19.1 Å². The van der Waals surface area contributed by atoms with Gasteiger partial charge in [-0.3, -0.25) is 4.79 Å². The van der Waals surface area contributed by atoms with Gasteiger partial charge in [-0.1, -0.05) is 19.1 Å². The third-order valence-electron chi connectivity index (χ3n) is 2.67. The first-order valence-corrected chi connectivity index (χ1v) is 7.11. The van der Waals surface area contributed by atoms with Crippen molar-refractivity contribution in [3.8, 4) is 5.75 Å². The summed E-state index contributed by atoms with van der Waals surface area (Å²) >= 11 is 1.78. The van der Waals surface area contributed by atoms with Crippen LogP contribution in [0.5, 0.6) is 5.75 Å². The molecule has 4 heteroatoms. The number of methoxy groups -OCH3 is 2. The van der Waals surface area contributed by atoms with E-state index in [0.717, 1.165) is 23.7 Å². The van der Waals surface area contributed by atoms with Crippen LogP contribution < -0.4 is 4.74 Å². The minimum absolute atomic E-state index is 0.0316. The second-order valence-electron chi connectivity index (χ2n) is 4.10. The quantitative estimate of drug-likeness (QED) is 0.563. The molecule has 0 aliphatic rings. The maximum Gasteiger partial charge on any atom is 0.309 e. The van der Waals surface area contributed by atoms with E-state index in [4.69, 9.17) is 4.74 Å². The number of carbonyl (C=O) groups is 1. The molecular formula is C14H20O3S. The molecule has 1 unspecified atom stereocenters. The smallest absolute Gasteiger partial charge is 0.309 e. The van der Waals surface area contributed by atoms with Crippen LogP contribution in [-0.4, -0.2) is 31.7 Å². The van der Waals surface area contributed by atoms with Crippen molar-refractivity contribution in [2.75, 3.05) is 25.7 Å². The molecule has 0 aliphatic heterocycles. The number of esters is 1. The number of ether oxygens (including phenoxy) is 2. The van der Waals surface area contributed by atoms with Crippen molar-refractivity contribution in [3.05, 3.63) is 29.8 Å². The SMILES string of the molecule is COC(=O)C(C)CSCCc1ccc(OC)cc1. The Morgan fingerprint density at radius 2 is 1.94 bits per heavy atom. The lowest BCUT2D eigenvalue weighted by molar-refractivity contribution is -0.143. The van der Waals surface area contributed by atoms with Crippen LogP contribution in [0, 0.1) is 5.92 Å². The van der Waals surface area contributed by atoms with Gasteiger partial charge in [0.05, 0.1) is 20.1 Å². The van der Waals surface area contributed by atoms with Gasteiger partial charge in [-0.2, -0.15) is 11.8 Å². The minimum atomic E-state index is -0.132. The van der Waals surface area contributed by atoms with Crippen molar-refractivity contribution in [3.63, 3.8) is 0 Å². The summed E-state index contributed by atoms with van der Waals surface area (Å²) in [7, 11) is 3.10. The molecule has 0 heterocycles. The normalized spacial score (nSPS) is 11.9. The van der Waals surface area contributed by atoms with Gasteiger partial charge >= 0.3 is 5.97 Å². The second kappa shape index (κ2) is 8.03. The monoisotopic (exact) mass is 268 g/mol. The molecule has 0 fully saturated rings. The van der Waals surface area contributed by atoms with Crippen molar-refractivity contribution in [2.24, 2.45) is 5.92 Å². The van der Waals surface area contributed by atoms with E-state index in [-0.39, 0.29) is 11.9 Å². The van der Waals surface area contributed by atoms with Gasteiger partial charge in [0.25, 0.3) is 0 Å². The number of hydrogen-bond donors (Lipinski definition) is 0. The second-order valence-corrected chi connectivity index (χ2v) is 5.25. The molecule has 0 aromatic heterocycles. The molecule has 0 spiro atoms. The summed E-state index contributed by atoms with van der Waals surface area (Å²) in [5.74, 6) is 2.53. The van der Waals surface area contributed by atoms with Gasteiger partial charge in [0.1, 0.15) is 5.75 Å². The molecule has 100 valence electrons. The van der Waals surface area contributed by atoms with Crippen molar-refractivity contribution in [1.29, 1.82) is 0 Å². The van der Waals surface area contributed by atoms with Crippen molar-refractivity contribution < 1.29 is 14.3 Å². The van der Waals surface area contributed by atoms with Gasteiger partial charge in [0.15, 0.2) is 0 Å². The van der Waals surface area contributed by atoms with Crippen LogP contribution in [0.1, 0.15) is 12.5 Å². The Bertz CT molecular complexity index is 362. The predicted octanol–water partition coefficient (Wildman–Crippen LogP) is 2.78. The highest BCUT2D eigenvalue weighted by Gasteiger charge is 2.12. The lowest BCUT2D eigenvalue weighted by Gasteiger charge is -2.08. The van der Waals surface area contributed by atoms with Crippen LogP contribution in [0.2, 0.25) is 0 Å². The standard InChI is InChI=1S/C14H20O3S/c1-11(14(15)17-3)10-18-9-8-12-4-6-13(16-2)7-5-12/h4-7,11H,8-10H2,1-3H3. The Morgan fingerprint density at radius 1 is 1.28 bits per heavy atom. The highest BCUT2D eigenvalue weighted by atomic mass is 32.2. The number of rotatable bonds is 7. The fraction of sp³-hybridized carbons (Fsp3) is 0.500. The predicted molar refractivity (Wildman–Crippen MR) is 75.2 cm³/mol. The summed E-state index contributed by atoms with van der Waals surface area (Å²) in [5.41, 5.74) is 1.29. The van der Waals surface area contributed by atoms with Crippen LogP contribution in [0.25, 0.3) is 0 Å². The molecule has 1 rings (SSSR count). The largest absolute Gasteiger partial charge is 0.497 e. The van der Waals surface area contributed by atoms with Crippen LogP contribution in [-0.2, 0) is 16.0 Å². The number of thioether (sulfide) groups is 1. The first-order valence-electron chi connectivity index (χ1n) is 5.96. The summed E-state index contributed by atoms with van der Waals surface area (Å²) in [5, 5.41) is 0. The summed E-state index contributed by atoms with van der Waals surface area (Å²) in [6.07, 6.45) is 1.00. The van der Waals surface area contributed by atoms with Crippen molar-refractivity contribution in [2.45, 2.75) is 13.3 Å². The molecule has 1 aromatic carbocycles. The van der Waals surface area contributed by atoms with Crippen molar-refractivity contribution in [1.82, 2.24) is 0 Å². The molecule has 0 saturated carbocycles. The van der Waals surface area contributed by atoms with Crippen molar-refractivity contribution >= 4 is 17.7 Å². The van der Waals surface area contributed by atoms with Gasteiger partial charge < -0.3 is 9.47 Å². The third-order valence-corrected chi connectivity index (χ3v) is 3.89. The van der Waals surface area contributed by atoms with E-state index in [2.05, 4.69) is 16.9 Å². The Balaban J connectivity index is 2.23. The lowest BCUT2D eigenvalue weighted by atomic mass is 10.2. The average Bonchev–Trinajstić information content (AvgIpc) is 2.43. The lowest BCUT2D eigenvalue weighted by Crippen LogP contribution is -2.15. The first kappa shape index (κ1) is 14.9. The maximum absolute atomic E-state index is 11.2. The first-order chi connectivity index (χ1) is 8.67. The summed E-state index contributed by atoms with van der Waals surface area (Å²) < 4.78 is 9.80. The molecule has 0 amide bonds. The fourth-order valence-electron chi connectivity index (χ4n) is 1.51. The zero-order chi connectivity index (χ0) is 13.4. The van der Waals surface area contributed by atoms with E-state index in [0.29, 0.717) is 0 Å². The van der Waals surface area contributed by atoms with E-state index in [1.54, 1.807) is 18.9 Å². The summed E-state index contributed by atoms with van der Waals surface area (Å²) in [4.78, 5) is 11.2. The Kier molecular flexibility index (Phi) is 6.65. The fourth-order valence-corrected chi connectivity index (χ4v) is 2.55. The van der Waals surface area contributed by atoms with E-state index in [1.165, 1.54) is 12.7 Å². The molecule has 0 aliphatic carbocycles. The maximum atomic E-state index is 11.2.